The third kappa shape index (κ3) is 4.20. The van der Waals surface area contributed by atoms with Crippen molar-refractivity contribution in [3.8, 4) is 10.6 Å². The molecule has 4 rings (SSSR count). The van der Waals surface area contributed by atoms with Gasteiger partial charge in [-0.2, -0.15) is 0 Å². The number of nitrogens with one attached hydrogen (secondary N) is 2. The van der Waals surface area contributed by atoms with Gasteiger partial charge in [0, 0.05) is 18.1 Å². The molecule has 1 fully saturated rings. The Balaban J connectivity index is 1.47. The molecule has 4 heterocycles. The smallest absolute Gasteiger partial charge is 0.324 e. The van der Waals surface area contributed by atoms with Crippen LogP contribution in [0.1, 0.15) is 18.5 Å². The van der Waals surface area contributed by atoms with Gasteiger partial charge in [-0.1, -0.05) is 11.3 Å². The number of primary amides is 1. The first-order valence-corrected chi connectivity index (χ1v) is 10.7. The number of rotatable bonds is 5. The zero-order chi connectivity index (χ0) is 20.4. The van der Waals surface area contributed by atoms with Crippen molar-refractivity contribution in [2.45, 2.75) is 25.8 Å². The summed E-state index contributed by atoms with van der Waals surface area (Å²) in [7, 11) is 0. The summed E-state index contributed by atoms with van der Waals surface area (Å²) < 4.78 is 0. The highest BCUT2D eigenvalue weighted by atomic mass is 32.1. The number of carbonyl (C=O) groups excluding carboxylic acids is 2. The summed E-state index contributed by atoms with van der Waals surface area (Å²) in [4.78, 5) is 39.5. The molecule has 1 aliphatic rings. The number of carbonyl (C=O) groups is 2. The minimum atomic E-state index is -0.560. The molecule has 3 amide bonds. The fraction of sp³-hybridized carbons (Fsp3) is 0.278. The first-order valence-electron chi connectivity index (χ1n) is 8.98. The van der Waals surface area contributed by atoms with E-state index in [9.17, 15) is 9.59 Å². The molecule has 3 aromatic rings. The van der Waals surface area contributed by atoms with Crippen molar-refractivity contribution in [3.05, 3.63) is 35.6 Å². The molecule has 11 heteroatoms. The van der Waals surface area contributed by atoms with Crippen LogP contribution in [0.25, 0.3) is 10.6 Å². The summed E-state index contributed by atoms with van der Waals surface area (Å²) in [6.45, 7) is 2.38. The molecular formula is C18H19N7O2S2. The largest absolute Gasteiger partial charge is 0.368 e. The van der Waals surface area contributed by atoms with Crippen LogP contribution in [0.5, 0.6) is 0 Å². The molecule has 3 aromatic heterocycles. The van der Waals surface area contributed by atoms with Gasteiger partial charge in [0.2, 0.25) is 5.91 Å². The zero-order valence-corrected chi connectivity index (χ0v) is 17.2. The molecule has 0 unspecified atom stereocenters. The van der Waals surface area contributed by atoms with E-state index in [1.54, 1.807) is 12.4 Å². The van der Waals surface area contributed by atoms with Gasteiger partial charge in [-0.15, -0.1) is 11.3 Å². The van der Waals surface area contributed by atoms with E-state index in [0.29, 0.717) is 18.1 Å². The molecular weight excluding hydrogens is 410 g/mol. The number of hydrogen-bond acceptors (Lipinski definition) is 8. The van der Waals surface area contributed by atoms with E-state index < -0.39 is 11.9 Å². The van der Waals surface area contributed by atoms with Crippen LogP contribution in [0, 0.1) is 6.92 Å². The van der Waals surface area contributed by atoms with Gasteiger partial charge in [0.25, 0.3) is 0 Å². The molecule has 1 atom stereocenters. The van der Waals surface area contributed by atoms with Crippen molar-refractivity contribution in [2.75, 3.05) is 17.2 Å². The number of pyridine rings is 1. The maximum Gasteiger partial charge on any atom is 0.324 e. The molecule has 0 saturated carbocycles. The number of aromatic nitrogens is 3. The van der Waals surface area contributed by atoms with Crippen LogP contribution in [-0.4, -0.2) is 44.4 Å². The number of urea groups is 1. The molecule has 0 radical (unpaired) electrons. The van der Waals surface area contributed by atoms with Crippen molar-refractivity contribution in [3.63, 3.8) is 0 Å². The summed E-state index contributed by atoms with van der Waals surface area (Å²) >= 11 is 2.82. The first kappa shape index (κ1) is 19.3. The second-order valence-corrected chi connectivity index (χ2v) is 8.38. The van der Waals surface area contributed by atoms with E-state index >= 15 is 0 Å². The van der Waals surface area contributed by atoms with Crippen LogP contribution in [-0.2, 0) is 4.79 Å². The maximum atomic E-state index is 12.5. The number of hydrogen-bond donors (Lipinski definition) is 3. The Kier molecular flexibility index (Phi) is 5.41. The molecule has 29 heavy (non-hydrogen) atoms. The molecule has 9 nitrogen and oxygen atoms in total. The number of nitrogens with zero attached hydrogens (tertiary/aromatic N) is 4. The number of likely N-dealkylation sites (tertiary alicyclic amines) is 1. The lowest BCUT2D eigenvalue weighted by atomic mass is 10.2. The van der Waals surface area contributed by atoms with E-state index in [0.717, 1.165) is 33.5 Å². The molecule has 150 valence electrons. The highest BCUT2D eigenvalue weighted by molar-refractivity contribution is 7.20. The van der Waals surface area contributed by atoms with Gasteiger partial charge in [0.1, 0.15) is 6.04 Å². The molecule has 0 bridgehead atoms. The van der Waals surface area contributed by atoms with Crippen molar-refractivity contribution >= 4 is 50.6 Å². The van der Waals surface area contributed by atoms with Crippen molar-refractivity contribution in [2.24, 2.45) is 5.73 Å². The van der Waals surface area contributed by atoms with Crippen LogP contribution in [0.15, 0.2) is 29.9 Å². The van der Waals surface area contributed by atoms with Crippen LogP contribution >= 0.6 is 22.7 Å². The van der Waals surface area contributed by atoms with Crippen molar-refractivity contribution in [1.29, 1.82) is 0 Å². The van der Waals surface area contributed by atoms with Gasteiger partial charge < -0.3 is 16.0 Å². The second-order valence-electron chi connectivity index (χ2n) is 6.52. The fourth-order valence-electron chi connectivity index (χ4n) is 3.15. The summed E-state index contributed by atoms with van der Waals surface area (Å²) in [5, 5.41) is 9.15. The number of aryl methyl sites for hydroxylation is 1. The van der Waals surface area contributed by atoms with Crippen molar-refractivity contribution < 1.29 is 9.59 Å². The monoisotopic (exact) mass is 429 g/mol. The fourth-order valence-corrected chi connectivity index (χ4v) is 4.87. The van der Waals surface area contributed by atoms with E-state index in [4.69, 9.17) is 5.73 Å². The van der Waals surface area contributed by atoms with E-state index in [1.807, 2.05) is 24.4 Å². The Labute approximate surface area is 175 Å². The maximum absolute atomic E-state index is 12.5. The number of amides is 3. The van der Waals surface area contributed by atoms with Gasteiger partial charge in [0.15, 0.2) is 10.3 Å². The second kappa shape index (κ2) is 8.13. The van der Waals surface area contributed by atoms with Crippen molar-refractivity contribution in [1.82, 2.24) is 19.9 Å². The Hall–Kier alpha value is -3.05. The average molecular weight is 430 g/mol. The minimum Gasteiger partial charge on any atom is -0.368 e. The molecule has 0 spiro atoms. The van der Waals surface area contributed by atoms with Crippen LogP contribution in [0.2, 0.25) is 0 Å². The molecule has 0 aliphatic carbocycles. The summed E-state index contributed by atoms with van der Waals surface area (Å²) in [6.07, 6.45) is 4.79. The zero-order valence-electron chi connectivity index (χ0n) is 15.6. The van der Waals surface area contributed by atoms with Gasteiger partial charge in [-0.25, -0.2) is 14.8 Å². The molecule has 4 N–H and O–H groups in total. The number of anilines is 3. The van der Waals surface area contributed by atoms with E-state index in [-0.39, 0.29) is 6.03 Å². The molecule has 0 aromatic carbocycles. The van der Waals surface area contributed by atoms with Gasteiger partial charge >= 0.3 is 6.03 Å². The van der Waals surface area contributed by atoms with Crippen LogP contribution < -0.4 is 16.4 Å². The Morgan fingerprint density at radius 2 is 2.17 bits per heavy atom. The average Bonchev–Trinajstić information content (AvgIpc) is 3.42. The highest BCUT2D eigenvalue weighted by Gasteiger charge is 2.33. The Morgan fingerprint density at radius 1 is 1.31 bits per heavy atom. The quantitative estimate of drug-likeness (QED) is 0.572. The molecule has 1 saturated heterocycles. The standard InChI is InChI=1S/C18H19N7O2S2/c1-10-14(12-9-28-16(23-12)22-11-4-2-6-20-8-11)29-17(21-10)24-18(27)25-7-3-5-13(25)15(19)26/h2,4,6,8-9,13H,3,5,7H2,1H3,(H2,19,26)(H,22,23)(H,21,24,27)/t13-/m0/s1. The van der Waals surface area contributed by atoms with Crippen LogP contribution in [0.4, 0.5) is 20.7 Å². The van der Waals surface area contributed by atoms with Gasteiger partial charge in [0.05, 0.1) is 28.1 Å². The highest BCUT2D eigenvalue weighted by Crippen LogP contribution is 2.35. The molecule has 1 aliphatic heterocycles. The predicted molar refractivity (Wildman–Crippen MR) is 113 cm³/mol. The third-order valence-electron chi connectivity index (χ3n) is 4.50. The van der Waals surface area contributed by atoms with Gasteiger partial charge in [-0.05, 0) is 31.9 Å². The first-order chi connectivity index (χ1) is 14.0. The van der Waals surface area contributed by atoms with Crippen LogP contribution in [0.3, 0.4) is 0 Å². The Morgan fingerprint density at radius 3 is 2.93 bits per heavy atom. The minimum absolute atomic E-state index is 0.358. The lowest BCUT2D eigenvalue weighted by Crippen LogP contribution is -2.45. The lowest BCUT2D eigenvalue weighted by molar-refractivity contribution is -0.121. The summed E-state index contributed by atoms with van der Waals surface area (Å²) in [6, 6.07) is 2.85. The predicted octanol–water partition coefficient (Wildman–Crippen LogP) is 3.20. The summed E-state index contributed by atoms with van der Waals surface area (Å²) in [5.74, 6) is -0.482. The van der Waals surface area contributed by atoms with E-state index in [2.05, 4.69) is 25.6 Å². The normalized spacial score (nSPS) is 16.0. The Bertz CT molecular complexity index is 1030. The SMILES string of the molecule is Cc1nc(NC(=O)N2CCC[C@H]2C(N)=O)sc1-c1csc(Nc2cccnc2)n1. The number of thiazole rings is 2. The third-order valence-corrected chi connectivity index (χ3v) is 6.36. The lowest BCUT2D eigenvalue weighted by Gasteiger charge is -2.21. The number of nitrogens with two attached hydrogens (primary N) is 1. The summed E-state index contributed by atoms with van der Waals surface area (Å²) in [5.41, 5.74) is 7.81. The van der Waals surface area contributed by atoms with E-state index in [1.165, 1.54) is 27.6 Å². The topological polar surface area (TPSA) is 126 Å². The van der Waals surface area contributed by atoms with Gasteiger partial charge in [-0.3, -0.25) is 15.1 Å².